The molecule has 0 fully saturated rings. The highest BCUT2D eigenvalue weighted by Crippen LogP contribution is 2.27. The van der Waals surface area contributed by atoms with Gasteiger partial charge in [-0.15, -0.1) is 0 Å². The van der Waals surface area contributed by atoms with E-state index in [4.69, 9.17) is 5.11 Å². The molecule has 0 spiro atoms. The predicted octanol–water partition coefficient (Wildman–Crippen LogP) is 2.65. The third-order valence-corrected chi connectivity index (χ3v) is 3.80. The van der Waals surface area contributed by atoms with Gasteiger partial charge in [0.05, 0.1) is 5.56 Å². The Bertz CT molecular complexity index is 667. The number of benzene rings is 1. The van der Waals surface area contributed by atoms with Crippen molar-refractivity contribution in [3.8, 4) is 0 Å². The first-order chi connectivity index (χ1) is 9.65. The van der Waals surface area contributed by atoms with Gasteiger partial charge in [-0.1, -0.05) is 6.07 Å². The van der Waals surface area contributed by atoms with Crippen LogP contribution in [0.3, 0.4) is 0 Å². The Labute approximate surface area is 117 Å². The summed E-state index contributed by atoms with van der Waals surface area (Å²) in [7, 11) is 0. The van der Waals surface area contributed by atoms with Gasteiger partial charge in [0.2, 0.25) is 0 Å². The monoisotopic (exact) mass is 268 g/mol. The summed E-state index contributed by atoms with van der Waals surface area (Å²) < 4.78 is 0. The summed E-state index contributed by atoms with van der Waals surface area (Å²) in [5.74, 6) is -0.870. The smallest absolute Gasteiger partial charge is 0.335 e. The van der Waals surface area contributed by atoms with Crippen LogP contribution in [-0.4, -0.2) is 22.6 Å². The summed E-state index contributed by atoms with van der Waals surface area (Å²) in [6, 6.07) is 7.44. The topological polar surface area (TPSA) is 53.4 Å². The maximum absolute atomic E-state index is 11.1. The first-order valence-electron chi connectivity index (χ1n) is 6.66. The zero-order valence-electron chi connectivity index (χ0n) is 11.3. The van der Waals surface area contributed by atoms with Crippen molar-refractivity contribution in [2.45, 2.75) is 19.9 Å². The molecule has 4 nitrogen and oxygen atoms in total. The molecule has 4 heteroatoms. The number of carboxylic acid groups (broad SMARTS) is 1. The number of rotatable bonds is 2. The number of hydrogen-bond donors (Lipinski definition) is 1. The highest BCUT2D eigenvalue weighted by molar-refractivity contribution is 5.88. The Morgan fingerprint density at radius 3 is 2.90 bits per heavy atom. The third kappa shape index (κ3) is 2.25. The van der Waals surface area contributed by atoms with E-state index in [0.717, 1.165) is 30.6 Å². The minimum atomic E-state index is -0.870. The molecule has 3 rings (SSSR count). The number of nitrogens with zero attached hydrogens (tertiary/aromatic N) is 2. The lowest BCUT2D eigenvalue weighted by atomic mass is 9.96. The molecule has 0 amide bonds. The lowest BCUT2D eigenvalue weighted by Gasteiger charge is -2.31. The van der Waals surface area contributed by atoms with Crippen molar-refractivity contribution in [2.75, 3.05) is 11.4 Å². The van der Waals surface area contributed by atoms with Crippen LogP contribution in [0, 0.1) is 6.92 Å². The summed E-state index contributed by atoms with van der Waals surface area (Å²) >= 11 is 0. The lowest BCUT2D eigenvalue weighted by molar-refractivity contribution is 0.0696. The first kappa shape index (κ1) is 12.7. The average Bonchev–Trinajstić information content (AvgIpc) is 2.46. The van der Waals surface area contributed by atoms with Crippen molar-refractivity contribution in [3.05, 3.63) is 58.9 Å². The molecule has 1 aliphatic rings. The van der Waals surface area contributed by atoms with Crippen LogP contribution in [-0.2, 0) is 13.0 Å². The number of fused-ring (bicyclic) bond motifs is 1. The largest absolute Gasteiger partial charge is 0.478 e. The van der Waals surface area contributed by atoms with Gasteiger partial charge in [0, 0.05) is 31.2 Å². The van der Waals surface area contributed by atoms with Gasteiger partial charge in [-0.2, -0.15) is 0 Å². The molecule has 102 valence electrons. The molecule has 0 unspecified atom stereocenters. The van der Waals surface area contributed by atoms with Crippen LogP contribution in [0.4, 0.5) is 5.69 Å². The zero-order valence-corrected chi connectivity index (χ0v) is 11.3. The van der Waals surface area contributed by atoms with E-state index in [1.54, 1.807) is 18.3 Å². The van der Waals surface area contributed by atoms with Gasteiger partial charge >= 0.3 is 5.97 Å². The maximum Gasteiger partial charge on any atom is 0.335 e. The van der Waals surface area contributed by atoms with E-state index in [0.29, 0.717) is 5.56 Å². The number of pyridine rings is 1. The second kappa shape index (κ2) is 4.96. The van der Waals surface area contributed by atoms with E-state index >= 15 is 0 Å². The van der Waals surface area contributed by atoms with Gasteiger partial charge in [0.1, 0.15) is 0 Å². The van der Waals surface area contributed by atoms with Crippen molar-refractivity contribution in [3.63, 3.8) is 0 Å². The van der Waals surface area contributed by atoms with Crippen LogP contribution >= 0.6 is 0 Å². The molecule has 2 heterocycles. The molecule has 0 radical (unpaired) electrons. The molecule has 0 bridgehead atoms. The molecule has 0 atom stereocenters. The zero-order chi connectivity index (χ0) is 14.1. The minimum Gasteiger partial charge on any atom is -0.478 e. The van der Waals surface area contributed by atoms with Crippen LogP contribution in [0.25, 0.3) is 0 Å². The highest BCUT2D eigenvalue weighted by atomic mass is 16.4. The average molecular weight is 268 g/mol. The van der Waals surface area contributed by atoms with Gasteiger partial charge in [-0.3, -0.25) is 4.98 Å². The predicted molar refractivity (Wildman–Crippen MR) is 77.1 cm³/mol. The molecular weight excluding hydrogens is 252 g/mol. The number of aromatic nitrogens is 1. The lowest BCUT2D eigenvalue weighted by Crippen LogP contribution is -2.31. The molecule has 1 N–H and O–H groups in total. The fourth-order valence-corrected chi connectivity index (χ4v) is 2.72. The minimum absolute atomic E-state index is 0.358. The standard InChI is InChI=1S/C16H16N2O2/c1-11-9-17-6-4-15(11)18-7-5-12-2-3-13(16(19)20)8-14(12)10-18/h2-4,6,8-9H,5,7,10H2,1H3,(H,19,20). The number of hydrogen-bond acceptors (Lipinski definition) is 3. The summed E-state index contributed by atoms with van der Waals surface area (Å²) in [6.07, 6.45) is 4.60. The Morgan fingerprint density at radius 2 is 2.15 bits per heavy atom. The van der Waals surface area contributed by atoms with Gasteiger partial charge in [0.15, 0.2) is 0 Å². The Kier molecular flexibility index (Phi) is 3.14. The van der Waals surface area contributed by atoms with E-state index in [9.17, 15) is 4.79 Å². The Hall–Kier alpha value is -2.36. The molecular formula is C16H16N2O2. The van der Waals surface area contributed by atoms with Crippen molar-refractivity contribution in [2.24, 2.45) is 0 Å². The quantitative estimate of drug-likeness (QED) is 0.909. The van der Waals surface area contributed by atoms with E-state index in [1.165, 1.54) is 11.3 Å². The summed E-state index contributed by atoms with van der Waals surface area (Å²) in [4.78, 5) is 17.5. The van der Waals surface area contributed by atoms with E-state index < -0.39 is 5.97 Å². The molecule has 1 aromatic heterocycles. The molecule has 0 aliphatic carbocycles. The van der Waals surface area contributed by atoms with Crippen molar-refractivity contribution in [1.82, 2.24) is 4.98 Å². The third-order valence-electron chi connectivity index (χ3n) is 3.80. The number of aromatic carboxylic acids is 1. The van der Waals surface area contributed by atoms with Gasteiger partial charge in [0.25, 0.3) is 0 Å². The van der Waals surface area contributed by atoms with Gasteiger partial charge in [-0.25, -0.2) is 4.79 Å². The fraction of sp³-hybridized carbons (Fsp3) is 0.250. The molecule has 1 aromatic carbocycles. The van der Waals surface area contributed by atoms with Crippen molar-refractivity contribution < 1.29 is 9.90 Å². The molecule has 0 saturated carbocycles. The normalized spacial score (nSPS) is 13.9. The van der Waals surface area contributed by atoms with Crippen molar-refractivity contribution >= 4 is 11.7 Å². The summed E-state index contributed by atoms with van der Waals surface area (Å²) in [6.45, 7) is 3.75. The van der Waals surface area contributed by atoms with Crippen LogP contribution in [0.5, 0.6) is 0 Å². The Balaban J connectivity index is 1.93. The maximum atomic E-state index is 11.1. The molecule has 20 heavy (non-hydrogen) atoms. The van der Waals surface area contributed by atoms with E-state index in [1.807, 2.05) is 25.3 Å². The van der Waals surface area contributed by atoms with E-state index in [-0.39, 0.29) is 0 Å². The fourth-order valence-electron chi connectivity index (χ4n) is 2.72. The summed E-state index contributed by atoms with van der Waals surface area (Å²) in [5.41, 5.74) is 5.03. The first-order valence-corrected chi connectivity index (χ1v) is 6.66. The van der Waals surface area contributed by atoms with Gasteiger partial charge in [-0.05, 0) is 48.2 Å². The molecule has 2 aromatic rings. The van der Waals surface area contributed by atoms with Crippen LogP contribution in [0.1, 0.15) is 27.0 Å². The molecule has 1 aliphatic heterocycles. The SMILES string of the molecule is Cc1cnccc1N1CCc2ccc(C(=O)O)cc2C1. The highest BCUT2D eigenvalue weighted by Gasteiger charge is 2.19. The number of carboxylic acids is 1. The van der Waals surface area contributed by atoms with Crippen LogP contribution in [0.15, 0.2) is 36.7 Å². The number of aryl methyl sites for hydroxylation is 1. The van der Waals surface area contributed by atoms with Gasteiger partial charge < -0.3 is 10.0 Å². The van der Waals surface area contributed by atoms with Crippen LogP contribution in [0.2, 0.25) is 0 Å². The number of carbonyl (C=O) groups is 1. The summed E-state index contributed by atoms with van der Waals surface area (Å²) in [5, 5.41) is 9.09. The number of anilines is 1. The van der Waals surface area contributed by atoms with Crippen molar-refractivity contribution in [1.29, 1.82) is 0 Å². The second-order valence-electron chi connectivity index (χ2n) is 5.12. The van der Waals surface area contributed by atoms with E-state index in [2.05, 4.69) is 9.88 Å². The second-order valence-corrected chi connectivity index (χ2v) is 5.12. The Morgan fingerprint density at radius 1 is 1.30 bits per heavy atom. The molecule has 0 saturated heterocycles. The van der Waals surface area contributed by atoms with Crippen LogP contribution < -0.4 is 4.90 Å².